The summed E-state index contributed by atoms with van der Waals surface area (Å²) in [4.78, 5) is 0. The molecule has 1 aliphatic heterocycles. The average molecular weight is 222 g/mol. The molecule has 88 valence electrons. The van der Waals surface area contributed by atoms with Crippen molar-refractivity contribution >= 4 is 0 Å². The standard InChI is InChI=1S/C12H18N2O2/c1-9(4-5-13)14-7-10-2-3-11-12(6-10)16-8-15-11/h2-3,6,9,14H,4-5,7-8,13H2,1H3. The van der Waals surface area contributed by atoms with Crippen LogP contribution in [0, 0.1) is 0 Å². The van der Waals surface area contributed by atoms with E-state index in [-0.39, 0.29) is 0 Å². The van der Waals surface area contributed by atoms with Gasteiger partial charge >= 0.3 is 0 Å². The highest BCUT2D eigenvalue weighted by molar-refractivity contribution is 5.44. The van der Waals surface area contributed by atoms with Crippen LogP contribution in [-0.2, 0) is 6.54 Å². The van der Waals surface area contributed by atoms with Crippen molar-refractivity contribution in [1.82, 2.24) is 5.32 Å². The summed E-state index contributed by atoms with van der Waals surface area (Å²) in [6.07, 6.45) is 0.991. The third-order valence-electron chi connectivity index (χ3n) is 2.69. The molecule has 1 aliphatic rings. The Balaban J connectivity index is 1.90. The highest BCUT2D eigenvalue weighted by Crippen LogP contribution is 2.32. The minimum Gasteiger partial charge on any atom is -0.454 e. The van der Waals surface area contributed by atoms with Crippen molar-refractivity contribution in [2.75, 3.05) is 13.3 Å². The largest absolute Gasteiger partial charge is 0.454 e. The van der Waals surface area contributed by atoms with E-state index in [0.29, 0.717) is 12.8 Å². The Morgan fingerprint density at radius 1 is 1.38 bits per heavy atom. The lowest BCUT2D eigenvalue weighted by Crippen LogP contribution is -2.27. The van der Waals surface area contributed by atoms with Gasteiger partial charge in [-0.05, 0) is 37.6 Å². The number of hydrogen-bond donors (Lipinski definition) is 2. The maximum Gasteiger partial charge on any atom is 0.231 e. The van der Waals surface area contributed by atoms with E-state index in [1.54, 1.807) is 0 Å². The van der Waals surface area contributed by atoms with E-state index < -0.39 is 0 Å². The van der Waals surface area contributed by atoms with Crippen LogP contribution in [0.4, 0.5) is 0 Å². The van der Waals surface area contributed by atoms with Gasteiger partial charge in [-0.1, -0.05) is 6.07 Å². The fourth-order valence-electron chi connectivity index (χ4n) is 1.70. The van der Waals surface area contributed by atoms with Crippen LogP contribution >= 0.6 is 0 Å². The van der Waals surface area contributed by atoms with E-state index in [0.717, 1.165) is 31.0 Å². The topological polar surface area (TPSA) is 56.5 Å². The Morgan fingerprint density at radius 2 is 2.19 bits per heavy atom. The van der Waals surface area contributed by atoms with Crippen molar-refractivity contribution < 1.29 is 9.47 Å². The van der Waals surface area contributed by atoms with Gasteiger partial charge in [-0.3, -0.25) is 0 Å². The molecule has 16 heavy (non-hydrogen) atoms. The molecule has 1 atom stereocenters. The van der Waals surface area contributed by atoms with E-state index in [9.17, 15) is 0 Å². The molecule has 0 aliphatic carbocycles. The number of fused-ring (bicyclic) bond motifs is 1. The lowest BCUT2D eigenvalue weighted by Gasteiger charge is -2.12. The van der Waals surface area contributed by atoms with Gasteiger partial charge in [0, 0.05) is 12.6 Å². The fourth-order valence-corrected chi connectivity index (χ4v) is 1.70. The molecule has 1 unspecified atom stereocenters. The zero-order chi connectivity index (χ0) is 11.4. The zero-order valence-electron chi connectivity index (χ0n) is 9.53. The molecule has 0 saturated carbocycles. The summed E-state index contributed by atoms with van der Waals surface area (Å²) in [5, 5.41) is 3.41. The molecule has 4 nitrogen and oxygen atoms in total. The minimum absolute atomic E-state index is 0.329. The van der Waals surface area contributed by atoms with Crippen LogP contribution in [0.1, 0.15) is 18.9 Å². The monoisotopic (exact) mass is 222 g/mol. The first-order valence-electron chi connectivity index (χ1n) is 5.61. The van der Waals surface area contributed by atoms with E-state index in [2.05, 4.69) is 18.3 Å². The SMILES string of the molecule is CC(CCN)NCc1ccc2c(c1)OCO2. The van der Waals surface area contributed by atoms with E-state index in [4.69, 9.17) is 15.2 Å². The smallest absolute Gasteiger partial charge is 0.231 e. The molecule has 0 amide bonds. The number of benzene rings is 1. The highest BCUT2D eigenvalue weighted by Gasteiger charge is 2.13. The maximum absolute atomic E-state index is 5.50. The Bertz CT molecular complexity index is 355. The number of rotatable bonds is 5. The van der Waals surface area contributed by atoms with Crippen molar-refractivity contribution in [3.8, 4) is 11.5 Å². The van der Waals surface area contributed by atoms with Crippen LogP contribution in [0.3, 0.4) is 0 Å². The normalized spacial score (nSPS) is 15.1. The van der Waals surface area contributed by atoms with Gasteiger partial charge in [-0.2, -0.15) is 0 Å². The van der Waals surface area contributed by atoms with Crippen LogP contribution in [0.5, 0.6) is 11.5 Å². The van der Waals surface area contributed by atoms with Crippen molar-refractivity contribution in [2.24, 2.45) is 5.73 Å². The second-order valence-corrected chi connectivity index (χ2v) is 4.05. The first-order chi connectivity index (χ1) is 7.79. The first-order valence-corrected chi connectivity index (χ1v) is 5.61. The summed E-state index contributed by atoms with van der Waals surface area (Å²) >= 11 is 0. The molecule has 1 heterocycles. The molecule has 1 aromatic rings. The lowest BCUT2D eigenvalue weighted by atomic mass is 10.1. The molecule has 0 aromatic heterocycles. The molecule has 3 N–H and O–H groups in total. The van der Waals surface area contributed by atoms with Crippen LogP contribution in [0.2, 0.25) is 0 Å². The van der Waals surface area contributed by atoms with Gasteiger partial charge in [0.05, 0.1) is 0 Å². The van der Waals surface area contributed by atoms with Crippen LogP contribution < -0.4 is 20.5 Å². The molecule has 0 saturated heterocycles. The molecule has 4 heteroatoms. The third-order valence-corrected chi connectivity index (χ3v) is 2.69. The average Bonchev–Trinajstić information content (AvgIpc) is 2.74. The van der Waals surface area contributed by atoms with Gasteiger partial charge in [0.2, 0.25) is 6.79 Å². The third kappa shape index (κ3) is 2.65. The molecular weight excluding hydrogens is 204 g/mol. The number of ether oxygens (including phenoxy) is 2. The van der Waals surface area contributed by atoms with Gasteiger partial charge in [-0.15, -0.1) is 0 Å². The summed E-state index contributed by atoms with van der Waals surface area (Å²) < 4.78 is 10.6. The van der Waals surface area contributed by atoms with E-state index >= 15 is 0 Å². The van der Waals surface area contributed by atoms with E-state index in [1.165, 1.54) is 5.56 Å². The maximum atomic E-state index is 5.50. The second kappa shape index (κ2) is 5.18. The predicted octanol–water partition coefficient (Wildman–Crippen LogP) is 1.24. The Labute approximate surface area is 95.7 Å². The van der Waals surface area contributed by atoms with Gasteiger partial charge in [-0.25, -0.2) is 0 Å². The minimum atomic E-state index is 0.329. The van der Waals surface area contributed by atoms with Gasteiger partial charge in [0.15, 0.2) is 11.5 Å². The highest BCUT2D eigenvalue weighted by atomic mass is 16.7. The van der Waals surface area contributed by atoms with Gasteiger partial charge in [0.25, 0.3) is 0 Å². The number of hydrogen-bond acceptors (Lipinski definition) is 4. The Morgan fingerprint density at radius 3 is 3.00 bits per heavy atom. The molecule has 0 fully saturated rings. The van der Waals surface area contributed by atoms with Crippen LogP contribution in [-0.4, -0.2) is 19.4 Å². The predicted molar refractivity (Wildman–Crippen MR) is 62.5 cm³/mol. The van der Waals surface area contributed by atoms with Crippen LogP contribution in [0.15, 0.2) is 18.2 Å². The molecule has 0 radical (unpaired) electrons. The first kappa shape index (κ1) is 11.2. The van der Waals surface area contributed by atoms with Crippen LogP contribution in [0.25, 0.3) is 0 Å². The van der Waals surface area contributed by atoms with Gasteiger partial charge < -0.3 is 20.5 Å². The fraction of sp³-hybridized carbons (Fsp3) is 0.500. The van der Waals surface area contributed by atoms with Crippen molar-refractivity contribution in [3.63, 3.8) is 0 Å². The number of nitrogens with one attached hydrogen (secondary N) is 1. The van der Waals surface area contributed by atoms with Gasteiger partial charge in [0.1, 0.15) is 0 Å². The molecule has 0 spiro atoms. The summed E-state index contributed by atoms with van der Waals surface area (Å²) in [6.45, 7) is 4.02. The molecular formula is C12H18N2O2. The summed E-state index contributed by atoms with van der Waals surface area (Å²) in [5.74, 6) is 1.67. The summed E-state index contributed by atoms with van der Waals surface area (Å²) in [5.41, 5.74) is 6.70. The van der Waals surface area contributed by atoms with Crippen molar-refractivity contribution in [1.29, 1.82) is 0 Å². The number of nitrogens with two attached hydrogens (primary N) is 1. The Hall–Kier alpha value is -1.26. The lowest BCUT2D eigenvalue weighted by molar-refractivity contribution is 0.174. The quantitative estimate of drug-likeness (QED) is 0.787. The summed E-state index contributed by atoms with van der Waals surface area (Å²) in [6, 6.07) is 6.46. The zero-order valence-corrected chi connectivity index (χ0v) is 9.53. The second-order valence-electron chi connectivity index (χ2n) is 4.05. The van der Waals surface area contributed by atoms with E-state index in [1.807, 2.05) is 12.1 Å². The summed E-state index contributed by atoms with van der Waals surface area (Å²) in [7, 11) is 0. The molecule has 0 bridgehead atoms. The Kier molecular flexibility index (Phi) is 3.64. The van der Waals surface area contributed by atoms with Crippen molar-refractivity contribution in [2.45, 2.75) is 25.9 Å². The van der Waals surface area contributed by atoms with Crippen molar-refractivity contribution in [3.05, 3.63) is 23.8 Å². The molecule has 1 aromatic carbocycles. The molecule has 2 rings (SSSR count).